The van der Waals surface area contributed by atoms with Crippen LogP contribution in [-0.4, -0.2) is 37.9 Å². The average molecular weight is 492 g/mol. The van der Waals surface area contributed by atoms with E-state index in [-0.39, 0.29) is 22.7 Å². The molecule has 180 valence electrons. The highest BCUT2D eigenvalue weighted by molar-refractivity contribution is 8.00. The second-order valence-electron chi connectivity index (χ2n) is 7.87. The van der Waals surface area contributed by atoms with Crippen LogP contribution in [0.3, 0.4) is 0 Å². The Labute approximate surface area is 205 Å². The summed E-state index contributed by atoms with van der Waals surface area (Å²) in [5.41, 5.74) is 1.75. The van der Waals surface area contributed by atoms with Crippen LogP contribution < -0.4 is 21.3 Å². The van der Waals surface area contributed by atoms with Crippen LogP contribution in [0.2, 0.25) is 0 Å². The van der Waals surface area contributed by atoms with E-state index < -0.39 is 11.2 Å². The summed E-state index contributed by atoms with van der Waals surface area (Å²) in [5.74, 6) is 0.796. The Morgan fingerprint density at radius 1 is 1.00 bits per heavy atom. The maximum absolute atomic E-state index is 13.0. The summed E-state index contributed by atoms with van der Waals surface area (Å²) in [4.78, 5) is 47.3. The Hall–Kier alpha value is -3.92. The van der Waals surface area contributed by atoms with Crippen molar-refractivity contribution < 1.29 is 9.53 Å². The summed E-state index contributed by atoms with van der Waals surface area (Å²) in [6.07, 6.45) is 0.916. The molecule has 0 atom stereocenters. The number of thioether (sulfide) groups is 1. The van der Waals surface area contributed by atoms with Crippen LogP contribution >= 0.6 is 11.8 Å². The van der Waals surface area contributed by atoms with E-state index in [0.29, 0.717) is 27.9 Å². The first kappa shape index (κ1) is 24.2. The van der Waals surface area contributed by atoms with E-state index in [1.165, 1.54) is 17.2 Å². The molecule has 4 rings (SSSR count). The minimum Gasteiger partial charge on any atom is -0.497 e. The number of hydrogen-bond acceptors (Lipinski definition) is 7. The van der Waals surface area contributed by atoms with Gasteiger partial charge in [-0.25, -0.2) is 14.8 Å². The smallest absolute Gasteiger partial charge is 0.332 e. The molecule has 2 aromatic carbocycles. The zero-order chi connectivity index (χ0) is 25.1. The Kier molecular flexibility index (Phi) is 7.02. The number of methoxy groups -OCH3 is 1. The lowest BCUT2D eigenvalue weighted by atomic mass is 10.1. The van der Waals surface area contributed by atoms with E-state index in [1.807, 2.05) is 24.3 Å². The third-order valence-corrected chi connectivity index (χ3v) is 6.58. The summed E-state index contributed by atoms with van der Waals surface area (Å²) in [6, 6.07) is 14.8. The van der Waals surface area contributed by atoms with Crippen molar-refractivity contribution in [1.82, 2.24) is 19.1 Å². The number of nitrogens with zero attached hydrogens (tertiary/aromatic N) is 4. The van der Waals surface area contributed by atoms with Gasteiger partial charge in [-0.1, -0.05) is 30.8 Å². The third-order valence-electron chi connectivity index (χ3n) is 5.60. The fourth-order valence-electron chi connectivity index (χ4n) is 3.56. The number of anilines is 1. The van der Waals surface area contributed by atoms with Gasteiger partial charge in [-0.15, -0.1) is 0 Å². The van der Waals surface area contributed by atoms with Gasteiger partial charge in [0.15, 0.2) is 11.5 Å². The molecular weight excluding hydrogens is 466 g/mol. The van der Waals surface area contributed by atoms with E-state index in [0.717, 1.165) is 22.7 Å². The first-order chi connectivity index (χ1) is 16.8. The van der Waals surface area contributed by atoms with Crippen molar-refractivity contribution in [2.45, 2.75) is 18.4 Å². The van der Waals surface area contributed by atoms with Crippen molar-refractivity contribution in [2.24, 2.45) is 14.1 Å². The molecule has 0 aliphatic heterocycles. The van der Waals surface area contributed by atoms with E-state index in [9.17, 15) is 14.4 Å². The fraction of sp³-hybridized carbons (Fsp3) is 0.240. The fourth-order valence-corrected chi connectivity index (χ4v) is 4.37. The van der Waals surface area contributed by atoms with E-state index in [1.54, 1.807) is 38.4 Å². The standard InChI is InChI=1S/C25H25N5O4S/c1-5-15-6-10-17(11-7-15)26-19(31)14-35-23-20-22(29(2)25(33)30(3)24(20)32)27-21(28-23)16-8-12-18(34-4)13-9-16/h6-13H,5,14H2,1-4H3,(H,26,31). The summed E-state index contributed by atoms with van der Waals surface area (Å²) < 4.78 is 7.53. The van der Waals surface area contributed by atoms with Crippen molar-refractivity contribution in [1.29, 1.82) is 0 Å². The van der Waals surface area contributed by atoms with Crippen LogP contribution in [0.15, 0.2) is 63.1 Å². The van der Waals surface area contributed by atoms with Crippen molar-refractivity contribution in [3.05, 3.63) is 74.9 Å². The molecule has 0 fully saturated rings. The lowest BCUT2D eigenvalue weighted by Gasteiger charge is -2.12. The molecule has 1 amide bonds. The number of carbonyl (C=O) groups is 1. The highest BCUT2D eigenvalue weighted by Gasteiger charge is 2.19. The molecule has 4 aromatic rings. The SMILES string of the molecule is CCc1ccc(NC(=O)CSc2nc(-c3ccc(OC)cc3)nc3c2c(=O)n(C)c(=O)n3C)cc1. The molecule has 0 aliphatic carbocycles. The van der Waals surface area contributed by atoms with Gasteiger partial charge in [-0.3, -0.25) is 18.7 Å². The van der Waals surface area contributed by atoms with Crippen molar-refractivity contribution in [3.8, 4) is 17.1 Å². The molecule has 2 heterocycles. The zero-order valence-corrected chi connectivity index (χ0v) is 20.7. The number of fused-ring (bicyclic) bond motifs is 1. The van der Waals surface area contributed by atoms with Gasteiger partial charge in [0.25, 0.3) is 5.56 Å². The van der Waals surface area contributed by atoms with Crippen LogP contribution in [0, 0.1) is 0 Å². The second kappa shape index (κ2) is 10.1. The number of carbonyl (C=O) groups excluding carboxylic acids is 1. The minimum atomic E-state index is -0.512. The first-order valence-electron chi connectivity index (χ1n) is 11.0. The lowest BCUT2D eigenvalue weighted by molar-refractivity contribution is -0.113. The molecule has 0 unspecified atom stereocenters. The lowest BCUT2D eigenvalue weighted by Crippen LogP contribution is -2.37. The normalized spacial score (nSPS) is 11.0. The Morgan fingerprint density at radius 3 is 2.31 bits per heavy atom. The number of nitrogens with one attached hydrogen (secondary N) is 1. The number of rotatable bonds is 7. The average Bonchev–Trinajstić information content (AvgIpc) is 2.89. The summed E-state index contributed by atoms with van der Waals surface area (Å²) in [6.45, 7) is 2.07. The molecule has 10 heteroatoms. The quantitative estimate of drug-likeness (QED) is 0.313. The maximum Gasteiger partial charge on any atom is 0.332 e. The number of amides is 1. The Balaban J connectivity index is 1.72. The molecule has 35 heavy (non-hydrogen) atoms. The van der Waals surface area contributed by atoms with Crippen LogP contribution in [-0.2, 0) is 25.3 Å². The molecule has 0 aliphatic rings. The van der Waals surface area contributed by atoms with Crippen molar-refractivity contribution in [2.75, 3.05) is 18.2 Å². The largest absolute Gasteiger partial charge is 0.497 e. The molecule has 0 radical (unpaired) electrons. The number of benzene rings is 2. The zero-order valence-electron chi connectivity index (χ0n) is 19.9. The van der Waals surface area contributed by atoms with Crippen molar-refractivity contribution in [3.63, 3.8) is 0 Å². The molecule has 0 bridgehead atoms. The van der Waals surface area contributed by atoms with Crippen LogP contribution in [0.25, 0.3) is 22.4 Å². The molecule has 9 nitrogen and oxygen atoms in total. The van der Waals surface area contributed by atoms with Crippen LogP contribution in [0.4, 0.5) is 5.69 Å². The third kappa shape index (κ3) is 4.97. The van der Waals surface area contributed by atoms with Crippen molar-refractivity contribution >= 4 is 34.4 Å². The number of aryl methyl sites for hydroxylation is 2. The Bertz CT molecular complexity index is 1510. The highest BCUT2D eigenvalue weighted by Crippen LogP contribution is 2.27. The second-order valence-corrected chi connectivity index (χ2v) is 8.84. The molecular formula is C25H25N5O4S. The maximum atomic E-state index is 13.0. The highest BCUT2D eigenvalue weighted by atomic mass is 32.2. The molecule has 0 saturated heterocycles. The predicted octanol–water partition coefficient (Wildman–Crippen LogP) is 3.00. The van der Waals surface area contributed by atoms with Gasteiger partial charge in [-0.05, 0) is 48.4 Å². The van der Waals surface area contributed by atoms with Gasteiger partial charge in [0.2, 0.25) is 5.91 Å². The van der Waals surface area contributed by atoms with E-state index in [2.05, 4.69) is 22.2 Å². The minimum absolute atomic E-state index is 0.0235. The summed E-state index contributed by atoms with van der Waals surface area (Å²) >= 11 is 1.12. The van der Waals surface area contributed by atoms with Crippen LogP contribution in [0.1, 0.15) is 12.5 Å². The van der Waals surface area contributed by atoms with Gasteiger partial charge >= 0.3 is 5.69 Å². The number of hydrogen-bond donors (Lipinski definition) is 1. The van der Waals surface area contributed by atoms with Gasteiger partial charge in [0.05, 0.1) is 12.9 Å². The number of ether oxygens (including phenoxy) is 1. The van der Waals surface area contributed by atoms with E-state index in [4.69, 9.17) is 4.74 Å². The Morgan fingerprint density at radius 2 is 1.69 bits per heavy atom. The van der Waals surface area contributed by atoms with E-state index >= 15 is 0 Å². The molecule has 1 N–H and O–H groups in total. The molecule has 2 aromatic heterocycles. The van der Waals surface area contributed by atoms with Gasteiger partial charge in [0.1, 0.15) is 16.2 Å². The predicted molar refractivity (Wildman–Crippen MR) is 137 cm³/mol. The van der Waals surface area contributed by atoms with Gasteiger partial charge < -0.3 is 10.1 Å². The first-order valence-corrected chi connectivity index (χ1v) is 11.9. The topological polar surface area (TPSA) is 108 Å². The summed E-state index contributed by atoms with van der Waals surface area (Å²) in [7, 11) is 4.53. The van der Waals surface area contributed by atoms with Gasteiger partial charge in [-0.2, -0.15) is 0 Å². The molecule has 0 saturated carbocycles. The summed E-state index contributed by atoms with van der Waals surface area (Å²) in [5, 5.41) is 3.38. The molecule has 0 spiro atoms. The van der Waals surface area contributed by atoms with Crippen LogP contribution in [0.5, 0.6) is 5.75 Å². The monoisotopic (exact) mass is 491 g/mol. The van der Waals surface area contributed by atoms with Gasteiger partial charge in [0, 0.05) is 25.3 Å². The number of aromatic nitrogens is 4.